The minimum Gasteiger partial charge on any atom is -0.476 e. The first-order valence-electron chi connectivity index (χ1n) is 6.65. The minimum atomic E-state index is -1.00. The lowest BCUT2D eigenvalue weighted by Crippen LogP contribution is -2.43. The van der Waals surface area contributed by atoms with Crippen LogP contribution in [0.4, 0.5) is 0 Å². The van der Waals surface area contributed by atoms with E-state index in [1.54, 1.807) is 13.8 Å². The van der Waals surface area contributed by atoms with Gasteiger partial charge < -0.3 is 9.47 Å². The summed E-state index contributed by atoms with van der Waals surface area (Å²) in [5, 5.41) is 0. The van der Waals surface area contributed by atoms with E-state index in [0.717, 1.165) is 6.42 Å². The van der Waals surface area contributed by atoms with E-state index in [2.05, 4.69) is 6.92 Å². The van der Waals surface area contributed by atoms with Gasteiger partial charge in [0.2, 0.25) is 0 Å². The van der Waals surface area contributed by atoms with Crippen LogP contribution < -0.4 is 4.74 Å². The predicted octanol–water partition coefficient (Wildman–Crippen LogP) is 3.75. The molecule has 0 aliphatic carbocycles. The average Bonchev–Trinajstić information content (AvgIpc) is 2.26. The van der Waals surface area contributed by atoms with Crippen molar-refractivity contribution in [1.82, 2.24) is 0 Å². The van der Waals surface area contributed by atoms with Gasteiger partial charge in [-0.15, -0.1) is 0 Å². The van der Waals surface area contributed by atoms with Crippen molar-refractivity contribution < 1.29 is 14.3 Å². The lowest BCUT2D eigenvalue weighted by Gasteiger charge is -2.29. The normalized spacial score (nSPS) is 12.1. The third kappa shape index (κ3) is 4.93. The molecule has 0 aliphatic rings. The number of aryl methyl sites for hydroxylation is 1. The standard InChI is InChI=1S/C16H24O3/c1-7-12-9-8-10-13(11-12)18-16(5,6)14(17)19-15(2,3)4/h8-11H,7H2,1-6H3. The number of hydrogen-bond donors (Lipinski definition) is 0. The summed E-state index contributed by atoms with van der Waals surface area (Å²) in [6.07, 6.45) is 0.935. The number of hydrogen-bond acceptors (Lipinski definition) is 3. The Bertz CT molecular complexity index is 442. The topological polar surface area (TPSA) is 35.5 Å². The highest BCUT2D eigenvalue weighted by Crippen LogP contribution is 2.23. The smallest absolute Gasteiger partial charge is 0.350 e. The maximum absolute atomic E-state index is 12.1. The first kappa shape index (κ1) is 15.5. The molecule has 0 amide bonds. The summed E-state index contributed by atoms with van der Waals surface area (Å²) in [5.74, 6) is 0.331. The van der Waals surface area contributed by atoms with Crippen LogP contribution >= 0.6 is 0 Å². The molecule has 0 atom stereocenters. The summed E-state index contributed by atoms with van der Waals surface area (Å²) in [7, 11) is 0. The van der Waals surface area contributed by atoms with Gasteiger partial charge in [0, 0.05) is 0 Å². The second-order valence-corrected chi connectivity index (χ2v) is 6.12. The molecular weight excluding hydrogens is 240 g/mol. The zero-order valence-corrected chi connectivity index (χ0v) is 12.7. The summed E-state index contributed by atoms with van der Waals surface area (Å²) < 4.78 is 11.1. The van der Waals surface area contributed by atoms with Gasteiger partial charge in [0.05, 0.1) is 0 Å². The average molecular weight is 264 g/mol. The lowest BCUT2D eigenvalue weighted by molar-refractivity contribution is -0.170. The van der Waals surface area contributed by atoms with E-state index in [9.17, 15) is 4.79 Å². The van der Waals surface area contributed by atoms with Gasteiger partial charge in [-0.3, -0.25) is 0 Å². The van der Waals surface area contributed by atoms with E-state index in [1.807, 2.05) is 45.0 Å². The molecule has 0 fully saturated rings. The zero-order chi connectivity index (χ0) is 14.7. The molecule has 0 saturated carbocycles. The van der Waals surface area contributed by atoms with Crippen molar-refractivity contribution in [3.05, 3.63) is 29.8 Å². The molecule has 19 heavy (non-hydrogen) atoms. The molecule has 3 heteroatoms. The van der Waals surface area contributed by atoms with Crippen molar-refractivity contribution in [3.8, 4) is 5.75 Å². The van der Waals surface area contributed by atoms with E-state index in [0.29, 0.717) is 5.75 Å². The van der Waals surface area contributed by atoms with Crippen LogP contribution in [0, 0.1) is 0 Å². The van der Waals surface area contributed by atoms with Crippen LogP contribution in [0.25, 0.3) is 0 Å². The second kappa shape index (κ2) is 5.64. The maximum Gasteiger partial charge on any atom is 0.350 e. The van der Waals surface area contributed by atoms with Crippen molar-refractivity contribution in [2.24, 2.45) is 0 Å². The Morgan fingerprint density at radius 2 is 1.79 bits per heavy atom. The Kier molecular flexibility index (Phi) is 4.61. The number of ether oxygens (including phenoxy) is 2. The summed E-state index contributed by atoms with van der Waals surface area (Å²) in [5.41, 5.74) is -0.333. The molecule has 0 unspecified atom stereocenters. The molecule has 0 aromatic heterocycles. The maximum atomic E-state index is 12.1. The molecule has 0 heterocycles. The van der Waals surface area contributed by atoms with E-state index >= 15 is 0 Å². The number of benzene rings is 1. The summed E-state index contributed by atoms with van der Waals surface area (Å²) in [4.78, 5) is 12.1. The molecule has 3 nitrogen and oxygen atoms in total. The van der Waals surface area contributed by atoms with Crippen LogP contribution in [0.1, 0.15) is 47.1 Å². The highest BCUT2D eigenvalue weighted by molar-refractivity contribution is 5.79. The van der Waals surface area contributed by atoms with Gasteiger partial charge in [-0.05, 0) is 58.7 Å². The summed E-state index contributed by atoms with van der Waals surface area (Å²) in [6.45, 7) is 11.1. The highest BCUT2D eigenvalue weighted by Gasteiger charge is 2.34. The number of rotatable bonds is 4. The van der Waals surface area contributed by atoms with Crippen LogP contribution in [-0.4, -0.2) is 17.2 Å². The van der Waals surface area contributed by atoms with Crippen molar-refractivity contribution in [2.75, 3.05) is 0 Å². The molecular formula is C16H24O3. The van der Waals surface area contributed by atoms with E-state index in [-0.39, 0.29) is 5.97 Å². The van der Waals surface area contributed by atoms with Crippen molar-refractivity contribution in [1.29, 1.82) is 0 Å². The quantitative estimate of drug-likeness (QED) is 0.777. The Morgan fingerprint density at radius 1 is 1.16 bits per heavy atom. The summed E-state index contributed by atoms with van der Waals surface area (Å²) in [6, 6.07) is 7.77. The number of carbonyl (C=O) groups excluding carboxylic acids is 1. The van der Waals surface area contributed by atoms with Gasteiger partial charge in [0.25, 0.3) is 0 Å². The van der Waals surface area contributed by atoms with E-state index < -0.39 is 11.2 Å². The second-order valence-electron chi connectivity index (χ2n) is 6.12. The third-order valence-corrected chi connectivity index (χ3v) is 2.57. The van der Waals surface area contributed by atoms with Crippen molar-refractivity contribution in [3.63, 3.8) is 0 Å². The fourth-order valence-corrected chi connectivity index (χ4v) is 1.57. The molecule has 0 saturated heterocycles. The van der Waals surface area contributed by atoms with Gasteiger partial charge in [0.1, 0.15) is 11.4 Å². The Hall–Kier alpha value is -1.51. The molecule has 1 aromatic carbocycles. The highest BCUT2D eigenvalue weighted by atomic mass is 16.6. The molecule has 0 aliphatic heterocycles. The van der Waals surface area contributed by atoms with Crippen molar-refractivity contribution >= 4 is 5.97 Å². The summed E-state index contributed by atoms with van der Waals surface area (Å²) >= 11 is 0. The van der Waals surface area contributed by atoms with Crippen molar-refractivity contribution in [2.45, 2.75) is 59.2 Å². The van der Waals surface area contributed by atoms with Crippen LogP contribution in [-0.2, 0) is 16.0 Å². The van der Waals surface area contributed by atoms with Crippen LogP contribution in [0.2, 0.25) is 0 Å². The van der Waals surface area contributed by atoms with E-state index in [4.69, 9.17) is 9.47 Å². The van der Waals surface area contributed by atoms with Gasteiger partial charge in [-0.2, -0.15) is 0 Å². The monoisotopic (exact) mass is 264 g/mol. The Morgan fingerprint density at radius 3 is 2.32 bits per heavy atom. The van der Waals surface area contributed by atoms with Crippen LogP contribution in [0.5, 0.6) is 5.75 Å². The molecule has 106 valence electrons. The molecule has 1 aromatic rings. The fourth-order valence-electron chi connectivity index (χ4n) is 1.57. The van der Waals surface area contributed by atoms with Gasteiger partial charge in [0.15, 0.2) is 5.60 Å². The fraction of sp³-hybridized carbons (Fsp3) is 0.562. The largest absolute Gasteiger partial charge is 0.476 e. The lowest BCUT2D eigenvalue weighted by atomic mass is 10.1. The van der Waals surface area contributed by atoms with Crippen LogP contribution in [0.15, 0.2) is 24.3 Å². The molecule has 0 N–H and O–H groups in total. The Labute approximate surface area is 115 Å². The first-order chi connectivity index (χ1) is 8.64. The van der Waals surface area contributed by atoms with Gasteiger partial charge in [-0.1, -0.05) is 19.1 Å². The molecule has 0 bridgehead atoms. The van der Waals surface area contributed by atoms with Gasteiger partial charge >= 0.3 is 5.97 Å². The predicted molar refractivity (Wildman–Crippen MR) is 76.4 cm³/mol. The van der Waals surface area contributed by atoms with Gasteiger partial charge in [-0.25, -0.2) is 4.79 Å². The van der Waals surface area contributed by atoms with E-state index in [1.165, 1.54) is 5.56 Å². The zero-order valence-electron chi connectivity index (χ0n) is 12.7. The van der Waals surface area contributed by atoms with Crippen LogP contribution in [0.3, 0.4) is 0 Å². The minimum absolute atomic E-state index is 0.359. The molecule has 1 rings (SSSR count). The number of carbonyl (C=O) groups is 1. The SMILES string of the molecule is CCc1cccc(OC(C)(C)C(=O)OC(C)(C)C)c1. The Balaban J connectivity index is 2.80. The molecule has 0 radical (unpaired) electrons. The molecule has 0 spiro atoms. The first-order valence-corrected chi connectivity index (χ1v) is 6.65. The third-order valence-electron chi connectivity index (χ3n) is 2.57. The number of esters is 1.